The number of hydrogen-bond donors (Lipinski definition) is 1. The van der Waals surface area contributed by atoms with Crippen molar-refractivity contribution in [3.05, 3.63) is 30.1 Å². The summed E-state index contributed by atoms with van der Waals surface area (Å²) >= 11 is 3.72. The van der Waals surface area contributed by atoms with Gasteiger partial charge < -0.3 is 5.32 Å². The Morgan fingerprint density at radius 1 is 1.30 bits per heavy atom. The molecule has 0 radical (unpaired) electrons. The zero-order chi connectivity index (χ0) is 14.8. The number of rotatable bonds is 2. The third-order valence-electron chi connectivity index (χ3n) is 6.10. The van der Waals surface area contributed by atoms with E-state index in [1.165, 1.54) is 6.07 Å². The fraction of sp³-hybridized carbons (Fsp3) is 0.562. The summed E-state index contributed by atoms with van der Waals surface area (Å²) in [6, 6.07) is 6.32. The first kappa shape index (κ1) is 14.1. The van der Waals surface area contributed by atoms with Gasteiger partial charge in [-0.1, -0.05) is 48.8 Å². The molecule has 2 nitrogen and oxygen atoms in total. The summed E-state index contributed by atoms with van der Waals surface area (Å²) in [5.74, 6) is -0.453. The van der Waals surface area contributed by atoms with Gasteiger partial charge in [-0.05, 0) is 35.8 Å². The molecule has 4 rings (SSSR count). The van der Waals surface area contributed by atoms with E-state index in [9.17, 15) is 9.18 Å². The Labute approximate surface area is 127 Å². The van der Waals surface area contributed by atoms with Crippen molar-refractivity contribution < 1.29 is 9.18 Å². The molecule has 20 heavy (non-hydrogen) atoms. The first-order valence-electron chi connectivity index (χ1n) is 6.97. The van der Waals surface area contributed by atoms with Crippen molar-refractivity contribution in [2.75, 3.05) is 5.32 Å². The van der Waals surface area contributed by atoms with Crippen molar-refractivity contribution in [3.63, 3.8) is 0 Å². The molecule has 4 heteroatoms. The number of alkyl halides is 1. The van der Waals surface area contributed by atoms with Gasteiger partial charge in [0.05, 0.1) is 11.1 Å². The number of para-hydroxylation sites is 1. The molecule has 3 aliphatic rings. The van der Waals surface area contributed by atoms with Gasteiger partial charge in [-0.25, -0.2) is 4.39 Å². The van der Waals surface area contributed by atoms with Gasteiger partial charge in [0.25, 0.3) is 0 Å². The Morgan fingerprint density at radius 3 is 2.45 bits per heavy atom. The highest BCUT2D eigenvalue weighted by Gasteiger charge is 2.80. The Morgan fingerprint density at radius 2 is 1.95 bits per heavy atom. The van der Waals surface area contributed by atoms with Crippen molar-refractivity contribution in [1.29, 1.82) is 0 Å². The first-order valence-corrected chi connectivity index (χ1v) is 7.89. The van der Waals surface area contributed by atoms with Crippen LogP contribution in [0.3, 0.4) is 0 Å². The molecule has 3 saturated carbocycles. The lowest BCUT2D eigenvalue weighted by molar-refractivity contribution is -0.156. The molecule has 1 amide bonds. The van der Waals surface area contributed by atoms with Crippen LogP contribution in [0.4, 0.5) is 10.1 Å². The number of amides is 1. The van der Waals surface area contributed by atoms with Gasteiger partial charge in [-0.2, -0.15) is 0 Å². The van der Waals surface area contributed by atoms with E-state index in [1.807, 2.05) is 0 Å². The quantitative estimate of drug-likeness (QED) is 0.797. The maximum atomic E-state index is 13.7. The number of nitrogens with one attached hydrogen (secondary N) is 1. The van der Waals surface area contributed by atoms with Crippen molar-refractivity contribution in [3.8, 4) is 0 Å². The minimum absolute atomic E-state index is 0.0653. The van der Waals surface area contributed by atoms with Crippen molar-refractivity contribution >= 4 is 27.5 Å². The minimum atomic E-state index is -0.440. The van der Waals surface area contributed by atoms with Gasteiger partial charge in [-0.3, -0.25) is 4.79 Å². The molecule has 0 spiro atoms. The SMILES string of the molecule is CC12CCC(C(=O)Nc3ccccc3F)(C1Br)C2(C)C. The van der Waals surface area contributed by atoms with E-state index in [-0.39, 0.29) is 33.1 Å². The molecule has 1 aromatic rings. The number of carbonyl (C=O) groups excluding carboxylic acids is 1. The normalized spacial score (nSPS) is 37.4. The van der Waals surface area contributed by atoms with E-state index in [4.69, 9.17) is 0 Å². The van der Waals surface area contributed by atoms with E-state index < -0.39 is 5.41 Å². The fourth-order valence-electron chi connectivity index (χ4n) is 4.25. The number of benzene rings is 1. The fourth-order valence-corrected chi connectivity index (χ4v) is 6.06. The number of carbonyl (C=O) groups is 1. The van der Waals surface area contributed by atoms with Crippen molar-refractivity contribution in [2.24, 2.45) is 16.2 Å². The van der Waals surface area contributed by atoms with E-state index in [1.54, 1.807) is 18.2 Å². The molecular formula is C16H19BrFNO. The average Bonchev–Trinajstić information content (AvgIpc) is 2.80. The zero-order valence-corrected chi connectivity index (χ0v) is 13.6. The topological polar surface area (TPSA) is 29.1 Å². The van der Waals surface area contributed by atoms with Gasteiger partial charge in [0, 0.05) is 4.83 Å². The van der Waals surface area contributed by atoms with Crippen LogP contribution in [0.1, 0.15) is 33.6 Å². The van der Waals surface area contributed by atoms with Crippen LogP contribution in [-0.4, -0.2) is 10.7 Å². The van der Waals surface area contributed by atoms with Crippen LogP contribution in [0.15, 0.2) is 24.3 Å². The third kappa shape index (κ3) is 1.36. The van der Waals surface area contributed by atoms with Crippen molar-refractivity contribution in [1.82, 2.24) is 0 Å². The summed E-state index contributed by atoms with van der Waals surface area (Å²) in [5, 5.41) is 2.79. The van der Waals surface area contributed by atoms with E-state index in [2.05, 4.69) is 42.0 Å². The molecule has 0 heterocycles. The summed E-state index contributed by atoms with van der Waals surface area (Å²) in [4.78, 5) is 12.9. The minimum Gasteiger partial charge on any atom is -0.323 e. The average molecular weight is 340 g/mol. The highest BCUT2D eigenvalue weighted by Crippen LogP contribution is 2.79. The standard InChI is InChI=1S/C16H19BrFNO/c1-14(2)15(3)8-9-16(14,12(15)17)13(20)19-11-7-5-4-6-10(11)18/h4-7,12H,8-9H2,1-3H3,(H,19,20). The highest BCUT2D eigenvalue weighted by atomic mass is 79.9. The molecule has 1 aromatic carbocycles. The lowest BCUT2D eigenvalue weighted by atomic mass is 9.43. The summed E-state index contributed by atoms with van der Waals surface area (Å²) in [7, 11) is 0. The lowest BCUT2D eigenvalue weighted by Gasteiger charge is -2.64. The largest absolute Gasteiger partial charge is 0.323 e. The number of anilines is 1. The van der Waals surface area contributed by atoms with Crippen LogP contribution in [0.5, 0.6) is 0 Å². The first-order chi connectivity index (χ1) is 9.27. The number of hydrogen-bond acceptors (Lipinski definition) is 1. The van der Waals surface area contributed by atoms with Crippen LogP contribution in [0.2, 0.25) is 0 Å². The Bertz CT molecular complexity index is 588. The Hall–Kier alpha value is -0.900. The predicted octanol–water partition coefficient (Wildman–Crippen LogP) is 4.35. The van der Waals surface area contributed by atoms with E-state index in [0.717, 1.165) is 12.8 Å². The highest BCUT2D eigenvalue weighted by molar-refractivity contribution is 9.09. The second-order valence-electron chi connectivity index (χ2n) is 6.81. The molecule has 3 atom stereocenters. The lowest BCUT2D eigenvalue weighted by Crippen LogP contribution is -2.68. The second kappa shape index (κ2) is 4.06. The van der Waals surface area contributed by atoms with Crippen LogP contribution < -0.4 is 5.32 Å². The monoisotopic (exact) mass is 339 g/mol. The summed E-state index contributed by atoms with van der Waals surface area (Å²) in [6.45, 7) is 6.53. The maximum absolute atomic E-state index is 13.7. The van der Waals surface area contributed by atoms with Crippen LogP contribution >= 0.6 is 15.9 Å². The molecule has 2 bridgehead atoms. The summed E-state index contributed by atoms with van der Waals surface area (Å²) in [6.07, 6.45) is 1.88. The second-order valence-corrected chi connectivity index (χ2v) is 7.73. The van der Waals surface area contributed by atoms with Gasteiger partial charge >= 0.3 is 0 Å². The number of fused-ring (bicyclic) bond motifs is 1. The number of halogens is 2. The van der Waals surface area contributed by atoms with Crippen LogP contribution in [0, 0.1) is 22.1 Å². The molecule has 0 aliphatic heterocycles. The Kier molecular flexibility index (Phi) is 2.85. The maximum Gasteiger partial charge on any atom is 0.232 e. The Balaban J connectivity index is 1.91. The molecule has 0 aromatic heterocycles. The van der Waals surface area contributed by atoms with Gasteiger partial charge in [0.2, 0.25) is 5.91 Å². The molecule has 3 aliphatic carbocycles. The van der Waals surface area contributed by atoms with Gasteiger partial charge in [-0.15, -0.1) is 0 Å². The van der Waals surface area contributed by atoms with Gasteiger partial charge in [0.1, 0.15) is 5.82 Å². The van der Waals surface area contributed by atoms with Gasteiger partial charge in [0.15, 0.2) is 0 Å². The zero-order valence-electron chi connectivity index (χ0n) is 12.0. The summed E-state index contributed by atoms with van der Waals surface area (Å²) in [5.41, 5.74) is -0.115. The van der Waals surface area contributed by atoms with Crippen molar-refractivity contribution in [2.45, 2.75) is 38.4 Å². The molecule has 0 saturated heterocycles. The van der Waals surface area contributed by atoms with E-state index in [0.29, 0.717) is 0 Å². The van der Waals surface area contributed by atoms with E-state index >= 15 is 0 Å². The predicted molar refractivity (Wildman–Crippen MR) is 81.3 cm³/mol. The molecule has 1 N–H and O–H groups in total. The van der Waals surface area contributed by atoms with Crippen LogP contribution in [0.25, 0.3) is 0 Å². The molecule has 3 unspecified atom stereocenters. The third-order valence-corrected chi connectivity index (χ3v) is 7.89. The molecule has 3 fully saturated rings. The smallest absolute Gasteiger partial charge is 0.232 e. The molecular weight excluding hydrogens is 321 g/mol. The summed E-state index contributed by atoms with van der Waals surface area (Å²) < 4.78 is 13.7. The van der Waals surface area contributed by atoms with Crippen LogP contribution in [-0.2, 0) is 4.79 Å². The molecule has 108 valence electrons.